The van der Waals surface area contributed by atoms with Crippen molar-refractivity contribution < 1.29 is 33.6 Å². The van der Waals surface area contributed by atoms with Gasteiger partial charge >= 0.3 is 17.8 Å². The summed E-state index contributed by atoms with van der Waals surface area (Å²) in [6.07, 6.45) is 11.3. The van der Waals surface area contributed by atoms with E-state index in [9.17, 15) is 19.2 Å². The predicted octanol–water partition coefficient (Wildman–Crippen LogP) is 1.85. The van der Waals surface area contributed by atoms with Gasteiger partial charge < -0.3 is 14.8 Å². The summed E-state index contributed by atoms with van der Waals surface area (Å²) >= 11 is 0. The first-order chi connectivity index (χ1) is 15.6. The Morgan fingerprint density at radius 3 is 2.12 bits per heavy atom. The maximum Gasteiger partial charge on any atom is 0.365 e. The Morgan fingerprint density at radius 2 is 1.34 bits per heavy atom. The number of amides is 2. The molecule has 8 nitrogen and oxygen atoms in total. The minimum Gasteiger partial charge on any atom is -0.466 e. The van der Waals surface area contributed by atoms with Gasteiger partial charge in [0.1, 0.15) is 0 Å². The van der Waals surface area contributed by atoms with Gasteiger partial charge in [0.2, 0.25) is 5.91 Å². The molecule has 2 aliphatic rings. The summed E-state index contributed by atoms with van der Waals surface area (Å²) in [6, 6.07) is -0.372. The fourth-order valence-electron chi connectivity index (χ4n) is 4.32. The molecule has 0 radical (unpaired) electrons. The number of carbonyl (C=O) groups excluding carboxylic acids is 4. The SMILES string of the molecule is O=C1CCCCC(=O)[NH+]2CCCC2C(=O)OCCCCCCCCOC(=O)CCCCN1. The molecule has 8 heteroatoms. The van der Waals surface area contributed by atoms with Crippen LogP contribution in [0.1, 0.15) is 96.3 Å². The summed E-state index contributed by atoms with van der Waals surface area (Å²) in [5.74, 6) is -0.392. The number of esters is 2. The van der Waals surface area contributed by atoms with Gasteiger partial charge in [0.15, 0.2) is 6.04 Å². The van der Waals surface area contributed by atoms with Gasteiger partial charge in [-0.25, -0.2) is 9.59 Å². The van der Waals surface area contributed by atoms with Crippen LogP contribution < -0.4 is 10.2 Å². The molecular weight excluding hydrogens is 412 g/mol. The monoisotopic (exact) mass is 453 g/mol. The largest absolute Gasteiger partial charge is 0.466 e. The molecule has 0 aliphatic carbocycles. The van der Waals surface area contributed by atoms with E-state index >= 15 is 0 Å². The van der Waals surface area contributed by atoms with Gasteiger partial charge in [-0.2, -0.15) is 0 Å². The molecule has 0 saturated carbocycles. The molecular formula is C24H41N2O6+. The number of ether oxygens (including phenoxy) is 2. The lowest BCUT2D eigenvalue weighted by atomic mass is 10.1. The molecule has 2 rings (SSSR count). The molecule has 32 heavy (non-hydrogen) atoms. The van der Waals surface area contributed by atoms with Crippen molar-refractivity contribution in [2.75, 3.05) is 26.3 Å². The Kier molecular flexibility index (Phi) is 13.0. The van der Waals surface area contributed by atoms with Crippen LogP contribution in [-0.4, -0.2) is 56.1 Å². The Hall–Kier alpha value is -1.96. The van der Waals surface area contributed by atoms with Gasteiger partial charge in [-0.05, 0) is 38.5 Å². The van der Waals surface area contributed by atoms with E-state index in [-0.39, 0.29) is 29.8 Å². The lowest BCUT2D eigenvalue weighted by Gasteiger charge is -2.18. The zero-order valence-corrected chi connectivity index (χ0v) is 19.5. The maximum absolute atomic E-state index is 12.6. The maximum atomic E-state index is 12.6. The lowest BCUT2D eigenvalue weighted by Crippen LogP contribution is -3.17. The molecule has 2 atom stereocenters. The molecule has 2 saturated heterocycles. The molecule has 182 valence electrons. The first-order valence-corrected chi connectivity index (χ1v) is 12.6. The summed E-state index contributed by atoms with van der Waals surface area (Å²) < 4.78 is 10.7. The molecule has 0 aromatic heterocycles. The fraction of sp³-hybridized carbons (Fsp3) is 0.833. The van der Waals surface area contributed by atoms with Crippen LogP contribution in [0.3, 0.4) is 0 Å². The van der Waals surface area contributed by atoms with Gasteiger partial charge in [0.05, 0.1) is 26.2 Å². The highest BCUT2D eigenvalue weighted by atomic mass is 16.5. The second-order valence-electron chi connectivity index (χ2n) is 8.92. The molecule has 0 aromatic rings. The van der Waals surface area contributed by atoms with E-state index in [0.29, 0.717) is 71.2 Å². The van der Waals surface area contributed by atoms with Gasteiger partial charge in [-0.15, -0.1) is 0 Å². The zero-order valence-electron chi connectivity index (χ0n) is 19.5. The van der Waals surface area contributed by atoms with E-state index in [2.05, 4.69) is 5.32 Å². The number of quaternary nitrogens is 1. The van der Waals surface area contributed by atoms with Crippen molar-refractivity contribution in [1.82, 2.24) is 5.32 Å². The first-order valence-electron chi connectivity index (χ1n) is 12.6. The molecule has 2 heterocycles. The molecule has 2 amide bonds. The number of carbonyl (C=O) groups is 4. The third kappa shape index (κ3) is 10.6. The van der Waals surface area contributed by atoms with Crippen LogP contribution in [0.15, 0.2) is 0 Å². The average Bonchev–Trinajstić information content (AvgIpc) is 3.27. The second kappa shape index (κ2) is 15.8. The summed E-state index contributed by atoms with van der Waals surface area (Å²) in [5.41, 5.74) is 0. The summed E-state index contributed by atoms with van der Waals surface area (Å²) in [6.45, 7) is 2.10. The van der Waals surface area contributed by atoms with Crippen LogP contribution in [0.5, 0.6) is 0 Å². The van der Waals surface area contributed by atoms with E-state index in [0.717, 1.165) is 56.3 Å². The lowest BCUT2D eigenvalue weighted by molar-refractivity contribution is -0.824. The van der Waals surface area contributed by atoms with Crippen molar-refractivity contribution in [2.24, 2.45) is 0 Å². The quantitative estimate of drug-likeness (QED) is 0.543. The van der Waals surface area contributed by atoms with Crippen molar-refractivity contribution in [3.05, 3.63) is 0 Å². The number of hydrogen-bond donors (Lipinski definition) is 2. The van der Waals surface area contributed by atoms with Crippen LogP contribution in [0.25, 0.3) is 0 Å². The number of cyclic esters (lactones) is 2. The molecule has 2 fully saturated rings. The Labute approximate surface area is 191 Å². The van der Waals surface area contributed by atoms with E-state index < -0.39 is 0 Å². The van der Waals surface area contributed by atoms with Crippen molar-refractivity contribution in [2.45, 2.75) is 102 Å². The minimum atomic E-state index is -0.372. The molecule has 0 bridgehead atoms. The average molecular weight is 454 g/mol. The minimum absolute atomic E-state index is 0.0273. The van der Waals surface area contributed by atoms with E-state index in [1.807, 2.05) is 0 Å². The second-order valence-corrected chi connectivity index (χ2v) is 8.92. The number of rotatable bonds is 0. The summed E-state index contributed by atoms with van der Waals surface area (Å²) in [4.78, 5) is 49.4. The highest BCUT2D eigenvalue weighted by Crippen LogP contribution is 2.09. The van der Waals surface area contributed by atoms with Crippen molar-refractivity contribution >= 4 is 23.8 Å². The Balaban J connectivity index is 1.77. The molecule has 2 aliphatic heterocycles. The molecule has 0 aromatic carbocycles. The Bertz CT molecular complexity index is 609. The topological polar surface area (TPSA) is 103 Å². The zero-order chi connectivity index (χ0) is 23.0. The summed E-state index contributed by atoms with van der Waals surface area (Å²) in [5, 5.41) is 2.87. The van der Waals surface area contributed by atoms with Crippen LogP contribution >= 0.6 is 0 Å². The van der Waals surface area contributed by atoms with Crippen LogP contribution in [0.4, 0.5) is 0 Å². The van der Waals surface area contributed by atoms with Crippen molar-refractivity contribution in [3.63, 3.8) is 0 Å². The smallest absolute Gasteiger partial charge is 0.365 e. The Morgan fingerprint density at radius 1 is 0.688 bits per heavy atom. The number of hydrogen-bond acceptors (Lipinski definition) is 6. The van der Waals surface area contributed by atoms with Gasteiger partial charge in [-0.1, -0.05) is 25.7 Å². The third-order valence-electron chi connectivity index (χ3n) is 6.24. The number of fused-ring (bicyclic) bond motifs is 1. The normalized spacial score (nSPS) is 27.2. The van der Waals surface area contributed by atoms with Crippen molar-refractivity contribution in [3.8, 4) is 0 Å². The van der Waals surface area contributed by atoms with Crippen LogP contribution in [-0.2, 0) is 28.7 Å². The highest BCUT2D eigenvalue weighted by molar-refractivity contribution is 5.78. The third-order valence-corrected chi connectivity index (χ3v) is 6.24. The van der Waals surface area contributed by atoms with Crippen LogP contribution in [0.2, 0.25) is 0 Å². The van der Waals surface area contributed by atoms with E-state index in [1.165, 1.54) is 0 Å². The summed E-state index contributed by atoms with van der Waals surface area (Å²) in [7, 11) is 0. The highest BCUT2D eigenvalue weighted by Gasteiger charge is 2.40. The van der Waals surface area contributed by atoms with Gasteiger partial charge in [-0.3, -0.25) is 14.5 Å². The molecule has 0 spiro atoms. The van der Waals surface area contributed by atoms with Gasteiger partial charge in [0, 0.05) is 32.2 Å². The first kappa shape index (κ1) is 26.3. The molecule has 2 unspecified atom stereocenters. The predicted molar refractivity (Wildman–Crippen MR) is 119 cm³/mol. The standard InChI is InChI=1S/C24H40N2O6/c27-21-13-5-6-14-22(28)26-17-11-12-20(26)24(30)32-19-10-4-2-1-3-9-18-31-23(29)15-7-8-16-25-21/h20H,1-19H2,(H,25,27)/p+1. The molecule has 2 N–H and O–H groups in total. The van der Waals surface area contributed by atoms with E-state index in [4.69, 9.17) is 9.47 Å². The fourth-order valence-corrected chi connectivity index (χ4v) is 4.32. The van der Waals surface area contributed by atoms with Gasteiger partial charge in [0.25, 0.3) is 0 Å². The van der Waals surface area contributed by atoms with E-state index in [1.54, 1.807) is 0 Å². The van der Waals surface area contributed by atoms with Crippen molar-refractivity contribution in [1.29, 1.82) is 0 Å². The number of nitrogens with one attached hydrogen (secondary N) is 2. The van der Waals surface area contributed by atoms with Crippen LogP contribution in [0, 0.1) is 0 Å².